The number of halogens is 2. The minimum Gasteiger partial charge on any atom is -0.387 e. The fraction of sp³-hybridized carbons (Fsp3) is 1.00. The van der Waals surface area contributed by atoms with Gasteiger partial charge in [0.2, 0.25) is 0 Å². The first kappa shape index (κ1) is 12.5. The van der Waals surface area contributed by atoms with Gasteiger partial charge in [-0.2, -0.15) is 0 Å². The van der Waals surface area contributed by atoms with Crippen molar-refractivity contribution in [2.45, 2.75) is 12.0 Å². The first-order chi connectivity index (χ1) is 4.74. The molecule has 3 atom stereocenters. The summed E-state index contributed by atoms with van der Waals surface area (Å²) in [5.74, 6) is 0.456. The van der Waals surface area contributed by atoms with Crippen LogP contribution in [-0.2, 0) is 0 Å². The number of hydrogen-bond donors (Lipinski definition) is 2. The molecule has 0 saturated carbocycles. The van der Waals surface area contributed by atoms with E-state index in [-0.39, 0.29) is 24.8 Å². The molecule has 3 N–H and O–H groups in total. The molecule has 2 bridgehead atoms. The summed E-state index contributed by atoms with van der Waals surface area (Å²) in [6.07, 6.45) is 1.13. The Morgan fingerprint density at radius 2 is 2.17 bits per heavy atom. The minimum atomic E-state index is -0.543. The third-order valence-electron chi connectivity index (χ3n) is 2.88. The Labute approximate surface area is 85.1 Å². The van der Waals surface area contributed by atoms with E-state index in [0.29, 0.717) is 12.5 Å². The van der Waals surface area contributed by atoms with Gasteiger partial charge < -0.3 is 15.7 Å². The molecule has 0 aromatic heterocycles. The fourth-order valence-corrected chi connectivity index (χ4v) is 2.16. The van der Waals surface area contributed by atoms with E-state index in [1.165, 1.54) is 0 Å². The van der Waals surface area contributed by atoms with Crippen LogP contribution in [0.2, 0.25) is 0 Å². The van der Waals surface area contributed by atoms with Crippen molar-refractivity contribution in [2.75, 3.05) is 26.2 Å². The van der Waals surface area contributed by atoms with E-state index in [4.69, 9.17) is 5.73 Å². The van der Waals surface area contributed by atoms with Gasteiger partial charge in [-0.3, -0.25) is 0 Å². The summed E-state index contributed by atoms with van der Waals surface area (Å²) < 4.78 is 0. The number of nitrogens with two attached hydrogens (primary N) is 1. The van der Waals surface area contributed by atoms with Crippen LogP contribution in [0.1, 0.15) is 6.42 Å². The number of aliphatic hydroxyl groups is 1. The summed E-state index contributed by atoms with van der Waals surface area (Å²) in [6, 6.07) is 0. The standard InChI is InChI=1S/C7H14N2O.2ClH/c8-4-7(10)5-9-2-1-6(7)3-9;;/h6,10H,1-5,8H2;2*1H/t6-,7?;;/m1../s1. The average molecular weight is 215 g/mol. The lowest BCUT2D eigenvalue weighted by Gasteiger charge is -2.30. The number of fused-ring (bicyclic) bond motifs is 2. The first-order valence-electron chi connectivity index (χ1n) is 3.89. The zero-order valence-electron chi connectivity index (χ0n) is 6.90. The van der Waals surface area contributed by atoms with Crippen LogP contribution >= 0.6 is 24.8 Å². The van der Waals surface area contributed by atoms with Crippen LogP contribution < -0.4 is 5.73 Å². The van der Waals surface area contributed by atoms with Crippen molar-refractivity contribution in [3.05, 3.63) is 0 Å². The van der Waals surface area contributed by atoms with Gasteiger partial charge >= 0.3 is 0 Å². The molecule has 0 aliphatic carbocycles. The molecule has 0 radical (unpaired) electrons. The molecule has 74 valence electrons. The Morgan fingerprint density at radius 1 is 1.50 bits per heavy atom. The Kier molecular flexibility index (Phi) is 4.27. The Hall–Kier alpha value is 0.460. The zero-order valence-corrected chi connectivity index (χ0v) is 8.53. The maximum absolute atomic E-state index is 9.82. The largest absolute Gasteiger partial charge is 0.387 e. The minimum absolute atomic E-state index is 0. The van der Waals surface area contributed by atoms with Gasteiger partial charge in [-0.25, -0.2) is 0 Å². The van der Waals surface area contributed by atoms with Crippen molar-refractivity contribution < 1.29 is 5.11 Å². The van der Waals surface area contributed by atoms with E-state index >= 15 is 0 Å². The second kappa shape index (κ2) is 4.11. The normalized spacial score (nSPS) is 43.5. The summed E-state index contributed by atoms with van der Waals surface area (Å²) in [5, 5.41) is 9.82. The lowest BCUT2D eigenvalue weighted by atomic mass is 9.88. The van der Waals surface area contributed by atoms with Gasteiger partial charge in [0.25, 0.3) is 0 Å². The molecular weight excluding hydrogens is 199 g/mol. The summed E-state index contributed by atoms with van der Waals surface area (Å²) in [7, 11) is 0. The second-order valence-corrected chi connectivity index (χ2v) is 3.53. The highest BCUT2D eigenvalue weighted by atomic mass is 35.5. The van der Waals surface area contributed by atoms with Gasteiger partial charge in [0, 0.05) is 25.6 Å². The molecule has 2 aliphatic rings. The molecule has 0 aromatic rings. The smallest absolute Gasteiger partial charge is 0.0936 e. The van der Waals surface area contributed by atoms with E-state index in [1.54, 1.807) is 0 Å². The van der Waals surface area contributed by atoms with Crippen LogP contribution in [0.5, 0.6) is 0 Å². The third kappa shape index (κ3) is 1.70. The molecule has 5 heteroatoms. The van der Waals surface area contributed by atoms with Crippen LogP contribution in [-0.4, -0.2) is 41.8 Å². The Bertz CT molecular complexity index is 158. The molecule has 2 aliphatic heterocycles. The van der Waals surface area contributed by atoms with Crippen molar-refractivity contribution in [1.29, 1.82) is 0 Å². The predicted molar refractivity (Wildman–Crippen MR) is 53.0 cm³/mol. The van der Waals surface area contributed by atoms with Crippen LogP contribution in [0.3, 0.4) is 0 Å². The lowest BCUT2D eigenvalue weighted by Crippen LogP contribution is -2.48. The highest BCUT2D eigenvalue weighted by Gasteiger charge is 2.47. The molecule has 12 heavy (non-hydrogen) atoms. The molecule has 2 rings (SSSR count). The predicted octanol–water partition coefficient (Wildman–Crippen LogP) is -0.145. The van der Waals surface area contributed by atoms with E-state index in [2.05, 4.69) is 4.90 Å². The van der Waals surface area contributed by atoms with Gasteiger partial charge in [-0.15, -0.1) is 24.8 Å². The van der Waals surface area contributed by atoms with Gasteiger partial charge in [-0.1, -0.05) is 0 Å². The SMILES string of the molecule is Cl.Cl.NCC1(O)CN2CC[C@@H]1C2. The maximum atomic E-state index is 9.82. The van der Waals surface area contributed by atoms with E-state index in [9.17, 15) is 5.11 Å². The van der Waals surface area contributed by atoms with Crippen LogP contribution in [0, 0.1) is 5.92 Å². The molecule has 0 aromatic carbocycles. The second-order valence-electron chi connectivity index (χ2n) is 3.53. The van der Waals surface area contributed by atoms with Gasteiger partial charge in [0.1, 0.15) is 0 Å². The molecule has 0 spiro atoms. The monoisotopic (exact) mass is 214 g/mol. The third-order valence-corrected chi connectivity index (χ3v) is 2.88. The molecular formula is C7H16Cl2N2O. The summed E-state index contributed by atoms with van der Waals surface area (Å²) in [5.41, 5.74) is 4.93. The van der Waals surface area contributed by atoms with Crippen molar-refractivity contribution in [1.82, 2.24) is 4.90 Å². The van der Waals surface area contributed by atoms with Crippen molar-refractivity contribution in [2.24, 2.45) is 11.7 Å². The quantitative estimate of drug-likeness (QED) is 0.639. The van der Waals surface area contributed by atoms with E-state index < -0.39 is 5.60 Å². The maximum Gasteiger partial charge on any atom is 0.0936 e. The highest BCUT2D eigenvalue weighted by Crippen LogP contribution is 2.35. The fourth-order valence-electron chi connectivity index (χ4n) is 2.16. The number of hydrogen-bond acceptors (Lipinski definition) is 3. The van der Waals surface area contributed by atoms with E-state index in [0.717, 1.165) is 26.1 Å². The van der Waals surface area contributed by atoms with E-state index in [1.807, 2.05) is 0 Å². The molecule has 0 amide bonds. The Balaban J connectivity index is 0.000000605. The van der Waals surface area contributed by atoms with Gasteiger partial charge in [0.05, 0.1) is 5.60 Å². The average Bonchev–Trinajstić information content (AvgIpc) is 2.46. The topological polar surface area (TPSA) is 49.5 Å². The van der Waals surface area contributed by atoms with Crippen molar-refractivity contribution in [3.63, 3.8) is 0 Å². The van der Waals surface area contributed by atoms with Crippen LogP contribution in [0.15, 0.2) is 0 Å². The van der Waals surface area contributed by atoms with Crippen LogP contribution in [0.4, 0.5) is 0 Å². The highest BCUT2D eigenvalue weighted by molar-refractivity contribution is 5.85. The Morgan fingerprint density at radius 3 is 2.42 bits per heavy atom. The molecule has 2 unspecified atom stereocenters. The van der Waals surface area contributed by atoms with Gasteiger partial charge in [0.15, 0.2) is 0 Å². The number of piperidine rings is 1. The van der Waals surface area contributed by atoms with Crippen molar-refractivity contribution in [3.8, 4) is 0 Å². The molecule has 3 nitrogen and oxygen atoms in total. The first-order valence-corrected chi connectivity index (χ1v) is 3.89. The summed E-state index contributed by atoms with van der Waals surface area (Å²) in [6.45, 7) is 3.45. The summed E-state index contributed by atoms with van der Waals surface area (Å²) in [4.78, 5) is 2.29. The number of rotatable bonds is 1. The number of nitrogens with zero attached hydrogens (tertiary/aromatic N) is 1. The van der Waals surface area contributed by atoms with Crippen molar-refractivity contribution >= 4 is 24.8 Å². The molecule has 2 fully saturated rings. The van der Waals surface area contributed by atoms with Crippen LogP contribution in [0.25, 0.3) is 0 Å². The lowest BCUT2D eigenvalue weighted by molar-refractivity contribution is 0.00354. The summed E-state index contributed by atoms with van der Waals surface area (Å²) >= 11 is 0. The molecule has 2 heterocycles. The van der Waals surface area contributed by atoms with Gasteiger partial charge in [-0.05, 0) is 13.0 Å². The molecule has 2 saturated heterocycles. The zero-order chi connectivity index (χ0) is 7.19.